The number of furan rings is 1. The van der Waals surface area contributed by atoms with Crippen LogP contribution in [0.3, 0.4) is 0 Å². The number of carbonyl (C=O) groups excluding carboxylic acids is 1. The summed E-state index contributed by atoms with van der Waals surface area (Å²) >= 11 is 5.89. The molecule has 4 heterocycles. The molecule has 5 heteroatoms. The Kier molecular flexibility index (Phi) is 2.86. The Balaban J connectivity index is 1.42. The number of piperidine rings is 3. The molecule has 1 atom stereocenters. The normalized spacial score (nSPS) is 30.7. The van der Waals surface area contributed by atoms with E-state index in [0.29, 0.717) is 28.3 Å². The largest absolute Gasteiger partial charge is 0.445 e. The van der Waals surface area contributed by atoms with Crippen LogP contribution in [0.15, 0.2) is 28.7 Å². The van der Waals surface area contributed by atoms with Gasteiger partial charge in [0, 0.05) is 22.6 Å². The number of rotatable bonds is 2. The summed E-state index contributed by atoms with van der Waals surface area (Å²) < 4.78 is 5.36. The van der Waals surface area contributed by atoms with Gasteiger partial charge in [-0.25, -0.2) is 0 Å². The highest BCUT2D eigenvalue weighted by molar-refractivity contribution is 6.29. The molecule has 1 spiro atoms. The first kappa shape index (κ1) is 13.9. The molecule has 1 aromatic heterocycles. The number of amides is 1. The monoisotopic (exact) mass is 330 g/mol. The van der Waals surface area contributed by atoms with Crippen LogP contribution < -0.4 is 5.32 Å². The quantitative estimate of drug-likeness (QED) is 0.917. The third kappa shape index (κ3) is 2.05. The second-order valence-corrected chi connectivity index (χ2v) is 7.55. The van der Waals surface area contributed by atoms with Gasteiger partial charge in [-0.15, -0.1) is 0 Å². The van der Waals surface area contributed by atoms with Crippen molar-refractivity contribution in [1.29, 1.82) is 0 Å². The van der Waals surface area contributed by atoms with Crippen molar-refractivity contribution in [1.82, 2.24) is 10.2 Å². The van der Waals surface area contributed by atoms with Crippen LogP contribution in [0.2, 0.25) is 5.22 Å². The Labute approximate surface area is 139 Å². The minimum absolute atomic E-state index is 0.0225. The number of fused-ring (bicyclic) bond motifs is 3. The fourth-order valence-electron chi connectivity index (χ4n) is 4.70. The Morgan fingerprint density at radius 3 is 2.78 bits per heavy atom. The molecular formula is C18H19ClN2O2. The van der Waals surface area contributed by atoms with Gasteiger partial charge in [0.1, 0.15) is 5.58 Å². The summed E-state index contributed by atoms with van der Waals surface area (Å²) in [7, 11) is 0. The van der Waals surface area contributed by atoms with Crippen molar-refractivity contribution < 1.29 is 9.21 Å². The molecule has 6 rings (SSSR count). The van der Waals surface area contributed by atoms with Gasteiger partial charge in [-0.2, -0.15) is 0 Å². The van der Waals surface area contributed by atoms with E-state index < -0.39 is 0 Å². The van der Waals surface area contributed by atoms with Gasteiger partial charge < -0.3 is 9.73 Å². The van der Waals surface area contributed by atoms with Gasteiger partial charge in [-0.3, -0.25) is 9.69 Å². The summed E-state index contributed by atoms with van der Waals surface area (Å²) in [5, 5.41) is 4.57. The summed E-state index contributed by atoms with van der Waals surface area (Å²) in [6.45, 7) is 2.41. The maximum atomic E-state index is 12.8. The third-order valence-electron chi connectivity index (χ3n) is 6.02. The molecular weight excluding hydrogens is 312 g/mol. The minimum atomic E-state index is 0.0225. The van der Waals surface area contributed by atoms with Crippen LogP contribution in [0.1, 0.15) is 36.0 Å². The summed E-state index contributed by atoms with van der Waals surface area (Å²) in [5.41, 5.74) is 1.66. The maximum Gasteiger partial charge on any atom is 0.251 e. The lowest BCUT2D eigenvalue weighted by molar-refractivity contribution is -0.00144. The van der Waals surface area contributed by atoms with E-state index >= 15 is 0 Å². The van der Waals surface area contributed by atoms with Crippen molar-refractivity contribution in [2.45, 2.75) is 37.3 Å². The highest BCUT2D eigenvalue weighted by Crippen LogP contribution is 2.53. The van der Waals surface area contributed by atoms with Gasteiger partial charge in [0.05, 0.1) is 6.04 Å². The van der Waals surface area contributed by atoms with Crippen LogP contribution in [0.4, 0.5) is 0 Å². The number of hydrogen-bond donors (Lipinski definition) is 1. The number of nitrogens with zero attached hydrogens (tertiary/aromatic N) is 1. The molecule has 2 aromatic rings. The molecule has 120 valence electrons. The zero-order chi connectivity index (χ0) is 15.6. The van der Waals surface area contributed by atoms with Gasteiger partial charge in [0.25, 0.3) is 5.91 Å². The zero-order valence-electron chi connectivity index (χ0n) is 12.8. The van der Waals surface area contributed by atoms with Crippen molar-refractivity contribution in [2.75, 3.05) is 13.1 Å². The zero-order valence-corrected chi connectivity index (χ0v) is 13.6. The first-order valence-electron chi connectivity index (χ1n) is 8.41. The lowest BCUT2D eigenvalue weighted by Crippen LogP contribution is -2.65. The molecule has 4 nitrogen and oxygen atoms in total. The number of benzene rings is 1. The maximum absolute atomic E-state index is 12.8. The number of halogens is 1. The second-order valence-electron chi connectivity index (χ2n) is 7.18. The standard InChI is InChI=1S/C18H19ClN2O2/c19-15-10-13-9-12(1-2-14(13)23-15)17(22)20-16-11-3-7-21(8-4-11)18(16)5-6-18/h1-2,9-11,16H,3-8H2,(H,20,22)/t16-/m0/s1. The third-order valence-corrected chi connectivity index (χ3v) is 6.20. The molecule has 4 fully saturated rings. The van der Waals surface area contributed by atoms with Gasteiger partial charge in [-0.1, -0.05) is 0 Å². The van der Waals surface area contributed by atoms with Crippen molar-refractivity contribution in [3.05, 3.63) is 35.0 Å². The van der Waals surface area contributed by atoms with Gasteiger partial charge in [-0.05, 0) is 74.5 Å². The molecule has 1 aliphatic carbocycles. The Morgan fingerprint density at radius 1 is 1.26 bits per heavy atom. The SMILES string of the molecule is O=C(N[C@H]1C2CCN(CC2)C12CC2)c1ccc2oc(Cl)cc2c1. The van der Waals surface area contributed by atoms with Crippen LogP contribution in [0.5, 0.6) is 0 Å². The summed E-state index contributed by atoms with van der Waals surface area (Å²) in [4.78, 5) is 15.4. The van der Waals surface area contributed by atoms with Crippen LogP contribution >= 0.6 is 11.6 Å². The first-order chi connectivity index (χ1) is 11.2. The molecule has 0 unspecified atom stereocenters. The predicted molar refractivity (Wildman–Crippen MR) is 88.7 cm³/mol. The van der Waals surface area contributed by atoms with E-state index in [2.05, 4.69) is 10.2 Å². The molecule has 4 aliphatic rings. The summed E-state index contributed by atoms with van der Waals surface area (Å²) in [6, 6.07) is 7.56. The van der Waals surface area contributed by atoms with E-state index in [0.717, 1.165) is 5.39 Å². The van der Waals surface area contributed by atoms with Gasteiger partial charge in [0.2, 0.25) is 0 Å². The topological polar surface area (TPSA) is 45.5 Å². The predicted octanol–water partition coefficient (Wildman–Crippen LogP) is 3.44. The van der Waals surface area contributed by atoms with Gasteiger partial charge in [0.15, 0.2) is 5.22 Å². The Bertz CT molecular complexity index is 787. The smallest absolute Gasteiger partial charge is 0.251 e. The molecule has 2 bridgehead atoms. The molecule has 1 amide bonds. The Morgan fingerprint density at radius 2 is 2.04 bits per heavy atom. The van der Waals surface area contributed by atoms with Crippen LogP contribution in [0, 0.1) is 5.92 Å². The van der Waals surface area contributed by atoms with Crippen LogP contribution in [-0.4, -0.2) is 35.5 Å². The Hall–Kier alpha value is -1.52. The van der Waals surface area contributed by atoms with Crippen molar-refractivity contribution in [3.63, 3.8) is 0 Å². The molecule has 1 aromatic carbocycles. The number of nitrogens with one attached hydrogen (secondary N) is 1. The van der Waals surface area contributed by atoms with E-state index in [1.165, 1.54) is 38.8 Å². The average Bonchev–Trinajstić information content (AvgIpc) is 3.24. The lowest BCUT2D eigenvalue weighted by atomic mass is 9.77. The minimum Gasteiger partial charge on any atom is -0.445 e. The van der Waals surface area contributed by atoms with Crippen LogP contribution in [-0.2, 0) is 0 Å². The highest BCUT2D eigenvalue weighted by atomic mass is 35.5. The summed E-state index contributed by atoms with van der Waals surface area (Å²) in [5.74, 6) is 0.660. The lowest BCUT2D eigenvalue weighted by Gasteiger charge is -2.52. The van der Waals surface area contributed by atoms with E-state index in [4.69, 9.17) is 16.0 Å². The molecule has 1 N–H and O–H groups in total. The van der Waals surface area contributed by atoms with Crippen molar-refractivity contribution in [3.8, 4) is 0 Å². The van der Waals surface area contributed by atoms with E-state index in [-0.39, 0.29) is 11.4 Å². The van der Waals surface area contributed by atoms with Crippen LogP contribution in [0.25, 0.3) is 11.0 Å². The molecule has 1 saturated carbocycles. The molecule has 3 saturated heterocycles. The van der Waals surface area contributed by atoms with E-state index in [1.807, 2.05) is 18.2 Å². The fourth-order valence-corrected chi connectivity index (χ4v) is 4.90. The van der Waals surface area contributed by atoms with Crippen molar-refractivity contribution >= 4 is 28.5 Å². The number of hydrogen-bond acceptors (Lipinski definition) is 3. The second kappa shape index (κ2) is 4.74. The van der Waals surface area contributed by atoms with E-state index in [9.17, 15) is 4.79 Å². The average molecular weight is 331 g/mol. The number of carbonyl (C=O) groups is 1. The van der Waals surface area contributed by atoms with E-state index in [1.54, 1.807) is 6.07 Å². The first-order valence-corrected chi connectivity index (χ1v) is 8.79. The molecule has 3 aliphatic heterocycles. The van der Waals surface area contributed by atoms with Crippen molar-refractivity contribution in [2.24, 2.45) is 5.92 Å². The summed E-state index contributed by atoms with van der Waals surface area (Å²) in [6.07, 6.45) is 4.88. The fraction of sp³-hybridized carbons (Fsp3) is 0.500. The van der Waals surface area contributed by atoms with Gasteiger partial charge >= 0.3 is 0 Å². The molecule has 23 heavy (non-hydrogen) atoms. The highest BCUT2D eigenvalue weighted by Gasteiger charge is 2.60. The molecule has 0 radical (unpaired) electrons.